The first-order valence-corrected chi connectivity index (χ1v) is 8.55. The molecule has 1 heterocycles. The van der Waals surface area contributed by atoms with Gasteiger partial charge in [0, 0.05) is 13.1 Å². The van der Waals surface area contributed by atoms with Gasteiger partial charge in [-0.2, -0.15) is 4.31 Å². The average molecular weight is 341 g/mol. The zero-order valence-corrected chi connectivity index (χ0v) is 14.0. The average Bonchev–Trinajstić information content (AvgIpc) is 2.89. The van der Waals surface area contributed by atoms with E-state index < -0.39 is 27.9 Å². The number of aliphatic carboxylic acids is 1. The van der Waals surface area contributed by atoms with Crippen molar-refractivity contribution in [3.63, 3.8) is 0 Å². The minimum absolute atomic E-state index is 0.00126. The number of sulfonamides is 1. The van der Waals surface area contributed by atoms with Crippen LogP contribution in [0.15, 0.2) is 23.1 Å². The van der Waals surface area contributed by atoms with Gasteiger partial charge in [-0.05, 0) is 30.5 Å². The Morgan fingerprint density at radius 1 is 1.30 bits per heavy atom. The van der Waals surface area contributed by atoms with Crippen molar-refractivity contribution in [1.29, 1.82) is 0 Å². The van der Waals surface area contributed by atoms with Crippen LogP contribution in [0.4, 0.5) is 0 Å². The van der Waals surface area contributed by atoms with Gasteiger partial charge in [-0.3, -0.25) is 4.79 Å². The molecule has 0 aromatic heterocycles. The molecule has 0 bridgehead atoms. The summed E-state index contributed by atoms with van der Waals surface area (Å²) in [6, 6.07) is 4.38. The molecule has 0 saturated carbocycles. The lowest BCUT2D eigenvalue weighted by atomic mass is 9.99. The van der Waals surface area contributed by atoms with E-state index in [4.69, 9.17) is 5.11 Å². The van der Waals surface area contributed by atoms with Gasteiger partial charge >= 0.3 is 11.9 Å². The SMILES string of the molecule is COC(=O)c1cccc(S(=O)(=O)N2C[C@@H](C)[C@H](C(=O)O)C2)c1C. The van der Waals surface area contributed by atoms with Gasteiger partial charge in [-0.15, -0.1) is 0 Å². The lowest BCUT2D eigenvalue weighted by Crippen LogP contribution is -2.31. The highest BCUT2D eigenvalue weighted by molar-refractivity contribution is 7.89. The molecule has 0 aliphatic carbocycles. The summed E-state index contributed by atoms with van der Waals surface area (Å²) in [6.07, 6.45) is 0. The van der Waals surface area contributed by atoms with Gasteiger partial charge in [0.15, 0.2) is 0 Å². The standard InChI is InChI=1S/C15H19NO6S/c1-9-7-16(8-12(9)14(17)18)23(20,21)13-6-4-5-11(10(13)2)15(19)22-3/h4-6,9,12H,7-8H2,1-3H3,(H,17,18)/t9-,12-/m1/s1. The van der Waals surface area contributed by atoms with Crippen LogP contribution in [-0.4, -0.2) is 50.0 Å². The number of carboxylic acid groups (broad SMARTS) is 1. The minimum Gasteiger partial charge on any atom is -0.481 e. The summed E-state index contributed by atoms with van der Waals surface area (Å²) in [5.41, 5.74) is 0.474. The summed E-state index contributed by atoms with van der Waals surface area (Å²) >= 11 is 0. The van der Waals surface area contributed by atoms with Crippen LogP contribution in [-0.2, 0) is 19.6 Å². The van der Waals surface area contributed by atoms with Crippen molar-refractivity contribution in [3.8, 4) is 0 Å². The molecule has 1 aromatic rings. The molecule has 1 aliphatic heterocycles. The Morgan fingerprint density at radius 3 is 2.48 bits per heavy atom. The highest BCUT2D eigenvalue weighted by Gasteiger charge is 2.41. The third-order valence-electron chi connectivity index (χ3n) is 4.20. The predicted molar refractivity (Wildman–Crippen MR) is 81.6 cm³/mol. The third kappa shape index (κ3) is 3.09. The molecule has 2 rings (SSSR count). The number of esters is 1. The van der Waals surface area contributed by atoms with E-state index in [1.807, 2.05) is 0 Å². The molecule has 1 aliphatic rings. The Bertz CT molecular complexity index is 742. The van der Waals surface area contributed by atoms with Crippen molar-refractivity contribution in [1.82, 2.24) is 4.31 Å². The predicted octanol–water partition coefficient (Wildman–Crippen LogP) is 1.12. The Labute approximate surface area is 134 Å². The number of carboxylic acids is 1. The molecular weight excluding hydrogens is 322 g/mol. The molecule has 0 amide bonds. The van der Waals surface area contributed by atoms with Crippen LogP contribution in [0.25, 0.3) is 0 Å². The number of methoxy groups -OCH3 is 1. The molecule has 8 heteroatoms. The van der Waals surface area contributed by atoms with E-state index in [2.05, 4.69) is 4.74 Å². The summed E-state index contributed by atoms with van der Waals surface area (Å²) in [5.74, 6) is -2.62. The first-order valence-electron chi connectivity index (χ1n) is 7.11. The Balaban J connectivity index is 2.42. The number of rotatable bonds is 4. The van der Waals surface area contributed by atoms with Crippen molar-refractivity contribution in [2.24, 2.45) is 11.8 Å². The van der Waals surface area contributed by atoms with E-state index >= 15 is 0 Å². The van der Waals surface area contributed by atoms with E-state index in [9.17, 15) is 18.0 Å². The molecular formula is C15H19NO6S. The molecule has 23 heavy (non-hydrogen) atoms. The maximum absolute atomic E-state index is 12.8. The van der Waals surface area contributed by atoms with Gasteiger partial charge in [0.2, 0.25) is 10.0 Å². The van der Waals surface area contributed by atoms with Crippen LogP contribution in [0, 0.1) is 18.8 Å². The number of hydrogen-bond acceptors (Lipinski definition) is 5. The fourth-order valence-electron chi connectivity index (χ4n) is 2.80. The molecule has 1 aromatic carbocycles. The number of carbonyl (C=O) groups excluding carboxylic acids is 1. The number of carbonyl (C=O) groups is 2. The van der Waals surface area contributed by atoms with Crippen LogP contribution in [0.2, 0.25) is 0 Å². The molecule has 2 atom stereocenters. The topological polar surface area (TPSA) is 101 Å². The van der Waals surface area contributed by atoms with Crippen molar-refractivity contribution in [3.05, 3.63) is 29.3 Å². The van der Waals surface area contributed by atoms with Crippen LogP contribution in [0.1, 0.15) is 22.8 Å². The Morgan fingerprint density at radius 2 is 1.96 bits per heavy atom. The van der Waals surface area contributed by atoms with E-state index in [-0.39, 0.29) is 29.5 Å². The molecule has 0 spiro atoms. The van der Waals surface area contributed by atoms with E-state index in [1.165, 1.54) is 36.5 Å². The summed E-state index contributed by atoms with van der Waals surface area (Å²) in [4.78, 5) is 22.9. The molecule has 0 radical (unpaired) electrons. The fraction of sp³-hybridized carbons (Fsp3) is 0.467. The number of nitrogens with zero attached hydrogens (tertiary/aromatic N) is 1. The molecule has 126 valence electrons. The fourth-order valence-corrected chi connectivity index (χ4v) is 4.62. The maximum atomic E-state index is 12.8. The van der Waals surface area contributed by atoms with Crippen LogP contribution >= 0.6 is 0 Å². The molecule has 0 unspecified atom stereocenters. The van der Waals surface area contributed by atoms with Gasteiger partial charge in [-0.25, -0.2) is 13.2 Å². The normalized spacial score (nSPS) is 22.0. The Hall–Kier alpha value is -1.93. The largest absolute Gasteiger partial charge is 0.481 e. The highest BCUT2D eigenvalue weighted by Crippen LogP contribution is 2.30. The zero-order valence-electron chi connectivity index (χ0n) is 13.1. The second-order valence-corrected chi connectivity index (χ2v) is 7.57. The van der Waals surface area contributed by atoms with Crippen molar-refractivity contribution < 1.29 is 27.9 Å². The van der Waals surface area contributed by atoms with Crippen molar-refractivity contribution >= 4 is 22.0 Å². The molecule has 1 N–H and O–H groups in total. The van der Waals surface area contributed by atoms with Crippen LogP contribution < -0.4 is 0 Å². The van der Waals surface area contributed by atoms with Gasteiger partial charge in [0.25, 0.3) is 0 Å². The number of ether oxygens (including phenoxy) is 1. The molecule has 1 fully saturated rings. The van der Waals surface area contributed by atoms with E-state index in [1.54, 1.807) is 6.92 Å². The van der Waals surface area contributed by atoms with Gasteiger partial charge in [0.05, 0.1) is 23.5 Å². The van der Waals surface area contributed by atoms with E-state index in [0.717, 1.165) is 0 Å². The first-order chi connectivity index (χ1) is 10.7. The lowest BCUT2D eigenvalue weighted by molar-refractivity contribution is -0.142. The number of benzene rings is 1. The van der Waals surface area contributed by atoms with Gasteiger partial charge in [0.1, 0.15) is 0 Å². The highest BCUT2D eigenvalue weighted by atomic mass is 32.2. The van der Waals surface area contributed by atoms with Crippen LogP contribution in [0.3, 0.4) is 0 Å². The monoisotopic (exact) mass is 341 g/mol. The number of hydrogen-bond donors (Lipinski definition) is 1. The zero-order chi connectivity index (χ0) is 17.4. The second-order valence-electron chi connectivity index (χ2n) is 5.66. The smallest absolute Gasteiger partial charge is 0.338 e. The summed E-state index contributed by atoms with van der Waals surface area (Å²) < 4.78 is 31.4. The summed E-state index contributed by atoms with van der Waals surface area (Å²) in [7, 11) is -2.65. The maximum Gasteiger partial charge on any atom is 0.338 e. The second kappa shape index (κ2) is 6.29. The van der Waals surface area contributed by atoms with Crippen molar-refractivity contribution in [2.75, 3.05) is 20.2 Å². The first kappa shape index (κ1) is 17.4. The Kier molecular flexibility index (Phi) is 4.76. The van der Waals surface area contributed by atoms with Crippen LogP contribution in [0.5, 0.6) is 0 Å². The minimum atomic E-state index is -3.87. The molecule has 7 nitrogen and oxygen atoms in total. The third-order valence-corrected chi connectivity index (χ3v) is 6.18. The van der Waals surface area contributed by atoms with Crippen molar-refractivity contribution in [2.45, 2.75) is 18.7 Å². The van der Waals surface area contributed by atoms with E-state index in [0.29, 0.717) is 5.56 Å². The lowest BCUT2D eigenvalue weighted by Gasteiger charge is -2.18. The van der Waals surface area contributed by atoms with Gasteiger partial charge < -0.3 is 9.84 Å². The molecule has 1 saturated heterocycles. The quantitative estimate of drug-likeness (QED) is 0.824. The summed E-state index contributed by atoms with van der Waals surface area (Å²) in [5, 5.41) is 9.16. The van der Waals surface area contributed by atoms with Gasteiger partial charge in [-0.1, -0.05) is 13.0 Å². The summed E-state index contributed by atoms with van der Waals surface area (Å²) in [6.45, 7) is 3.32.